The predicted octanol–water partition coefficient (Wildman–Crippen LogP) is -0.0945. The largest absolute Gasteiger partial charge is 0.477 e. The number of rotatable bonds is 3. The highest BCUT2D eigenvalue weighted by Crippen LogP contribution is 2.04. The predicted molar refractivity (Wildman–Crippen MR) is 52.4 cm³/mol. The molecule has 0 saturated heterocycles. The second-order valence-corrected chi connectivity index (χ2v) is 3.08. The van der Waals surface area contributed by atoms with Gasteiger partial charge in [0.15, 0.2) is 6.04 Å². The van der Waals surface area contributed by atoms with Crippen molar-refractivity contribution < 1.29 is 15.6 Å². The van der Waals surface area contributed by atoms with Crippen LogP contribution in [0.15, 0.2) is 24.3 Å². The Labute approximate surface area is 82.6 Å². The summed E-state index contributed by atoms with van der Waals surface area (Å²) in [6.07, 6.45) is 5.62. The van der Waals surface area contributed by atoms with Gasteiger partial charge in [-0.3, -0.25) is 0 Å². The minimum atomic E-state index is -0.883. The van der Waals surface area contributed by atoms with Crippen LogP contribution in [-0.4, -0.2) is 17.1 Å². The molecule has 0 fully saturated rings. The molecule has 0 spiro atoms. The van der Waals surface area contributed by atoms with Crippen LogP contribution in [0.25, 0.3) is 0 Å². The van der Waals surface area contributed by atoms with Crippen LogP contribution >= 0.6 is 0 Å². The molecule has 1 atom stereocenters. The Bertz CT molecular complexity index is 362. The fourth-order valence-electron chi connectivity index (χ4n) is 1.11. The summed E-state index contributed by atoms with van der Waals surface area (Å²) in [5.41, 5.74) is 5.27. The van der Waals surface area contributed by atoms with Gasteiger partial charge in [-0.1, -0.05) is 18.1 Å². The van der Waals surface area contributed by atoms with E-state index in [0.717, 1.165) is 11.1 Å². The number of carboxylic acid groups (broad SMARTS) is 1. The molecule has 0 amide bonds. The molecule has 1 aromatic rings. The number of carbonyl (C=O) groups is 1. The van der Waals surface area contributed by atoms with Crippen LogP contribution in [0.3, 0.4) is 0 Å². The van der Waals surface area contributed by atoms with Crippen LogP contribution in [0.1, 0.15) is 11.1 Å². The first-order chi connectivity index (χ1) is 6.63. The summed E-state index contributed by atoms with van der Waals surface area (Å²) in [4.78, 5) is 10.5. The van der Waals surface area contributed by atoms with E-state index in [9.17, 15) is 4.79 Å². The maximum Gasteiger partial charge on any atom is 0.362 e. The molecule has 3 heteroatoms. The van der Waals surface area contributed by atoms with Crippen molar-refractivity contribution in [1.82, 2.24) is 0 Å². The van der Waals surface area contributed by atoms with Crippen molar-refractivity contribution in [2.24, 2.45) is 0 Å². The molecule has 0 aliphatic heterocycles. The maximum atomic E-state index is 10.5. The molecule has 0 bridgehead atoms. The normalized spacial score (nSPS) is 11.7. The van der Waals surface area contributed by atoms with Crippen molar-refractivity contribution in [2.45, 2.75) is 12.5 Å². The van der Waals surface area contributed by atoms with Crippen LogP contribution in [0.2, 0.25) is 0 Å². The first kappa shape index (κ1) is 10.3. The number of hydrogen-bond donors (Lipinski definition) is 2. The molecule has 0 radical (unpaired) electrons. The van der Waals surface area contributed by atoms with Gasteiger partial charge in [0.1, 0.15) is 0 Å². The monoisotopic (exact) mass is 190 g/mol. The summed E-state index contributed by atoms with van der Waals surface area (Å²) in [6.45, 7) is 0. The molecule has 1 aromatic carbocycles. The van der Waals surface area contributed by atoms with Crippen molar-refractivity contribution in [3.8, 4) is 12.3 Å². The highest BCUT2D eigenvalue weighted by molar-refractivity contribution is 5.71. The molecular weight excluding hydrogens is 178 g/mol. The van der Waals surface area contributed by atoms with Gasteiger partial charge in [-0.05, 0) is 17.7 Å². The Kier molecular flexibility index (Phi) is 3.27. The second kappa shape index (κ2) is 4.45. The lowest BCUT2D eigenvalue weighted by atomic mass is 10.1. The quantitative estimate of drug-likeness (QED) is 0.654. The fraction of sp³-hybridized carbons (Fsp3) is 0.182. The lowest BCUT2D eigenvalue weighted by Crippen LogP contribution is -2.65. The van der Waals surface area contributed by atoms with E-state index in [1.54, 1.807) is 12.1 Å². The summed E-state index contributed by atoms with van der Waals surface area (Å²) in [5, 5.41) is 8.65. The third-order valence-electron chi connectivity index (χ3n) is 1.95. The maximum absolute atomic E-state index is 10.5. The van der Waals surface area contributed by atoms with E-state index in [-0.39, 0.29) is 0 Å². The molecule has 0 aliphatic carbocycles. The van der Waals surface area contributed by atoms with Crippen molar-refractivity contribution in [3.63, 3.8) is 0 Å². The molecule has 72 valence electrons. The van der Waals surface area contributed by atoms with Crippen molar-refractivity contribution in [1.29, 1.82) is 0 Å². The molecule has 0 aromatic heterocycles. The average Bonchev–Trinajstić information content (AvgIpc) is 2.19. The molecule has 14 heavy (non-hydrogen) atoms. The van der Waals surface area contributed by atoms with E-state index >= 15 is 0 Å². The summed E-state index contributed by atoms with van der Waals surface area (Å²) >= 11 is 0. The first-order valence-corrected chi connectivity index (χ1v) is 4.25. The number of benzene rings is 1. The van der Waals surface area contributed by atoms with Gasteiger partial charge in [0.05, 0.1) is 0 Å². The van der Waals surface area contributed by atoms with Gasteiger partial charge >= 0.3 is 5.97 Å². The van der Waals surface area contributed by atoms with E-state index in [4.69, 9.17) is 11.5 Å². The summed E-state index contributed by atoms with van der Waals surface area (Å²) in [6, 6.07) is 6.65. The zero-order chi connectivity index (χ0) is 10.6. The number of terminal acetylenes is 1. The van der Waals surface area contributed by atoms with Gasteiger partial charge in [-0.25, -0.2) is 4.79 Å². The Hall–Kier alpha value is -1.79. The van der Waals surface area contributed by atoms with E-state index in [0.29, 0.717) is 6.42 Å². The van der Waals surface area contributed by atoms with E-state index in [1.807, 2.05) is 12.1 Å². The van der Waals surface area contributed by atoms with Gasteiger partial charge in [-0.15, -0.1) is 6.42 Å². The van der Waals surface area contributed by atoms with Crippen LogP contribution in [0, 0.1) is 12.3 Å². The molecule has 0 saturated carbocycles. The third-order valence-corrected chi connectivity index (χ3v) is 1.95. The lowest BCUT2D eigenvalue weighted by Gasteiger charge is -2.03. The Balaban J connectivity index is 2.70. The average molecular weight is 190 g/mol. The van der Waals surface area contributed by atoms with E-state index in [2.05, 4.69) is 11.7 Å². The SMILES string of the molecule is C#Cc1ccc(CC([NH3+])C(=O)O)cc1. The second-order valence-electron chi connectivity index (χ2n) is 3.08. The number of carboxylic acids is 1. The standard InChI is InChI=1S/C11H11NO2/c1-2-8-3-5-9(6-4-8)7-10(12)11(13)14/h1,3-6,10H,7,12H2,(H,13,14)/p+1. The Morgan fingerprint density at radius 2 is 2.07 bits per heavy atom. The highest BCUT2D eigenvalue weighted by atomic mass is 16.4. The summed E-state index contributed by atoms with van der Waals surface area (Å²) in [5.74, 6) is 1.61. The smallest absolute Gasteiger partial charge is 0.362 e. The molecule has 0 heterocycles. The zero-order valence-electron chi connectivity index (χ0n) is 7.73. The lowest BCUT2D eigenvalue weighted by molar-refractivity contribution is -0.407. The molecule has 4 N–H and O–H groups in total. The number of quaternary nitrogens is 1. The fourth-order valence-corrected chi connectivity index (χ4v) is 1.11. The number of hydrogen-bond acceptors (Lipinski definition) is 1. The Morgan fingerprint density at radius 1 is 1.50 bits per heavy atom. The number of aliphatic carboxylic acids is 1. The van der Waals surface area contributed by atoms with Gasteiger partial charge < -0.3 is 10.8 Å². The van der Waals surface area contributed by atoms with Crippen LogP contribution in [0.5, 0.6) is 0 Å². The topological polar surface area (TPSA) is 64.9 Å². The molecule has 3 nitrogen and oxygen atoms in total. The molecule has 1 rings (SSSR count). The molecular formula is C11H12NO2+. The molecule has 0 aliphatic rings. The highest BCUT2D eigenvalue weighted by Gasteiger charge is 2.15. The van der Waals surface area contributed by atoms with Crippen LogP contribution in [0.4, 0.5) is 0 Å². The van der Waals surface area contributed by atoms with Gasteiger partial charge in [0.2, 0.25) is 0 Å². The van der Waals surface area contributed by atoms with E-state index < -0.39 is 12.0 Å². The van der Waals surface area contributed by atoms with Gasteiger partial charge in [0.25, 0.3) is 0 Å². The minimum Gasteiger partial charge on any atom is -0.477 e. The van der Waals surface area contributed by atoms with Crippen LogP contribution < -0.4 is 5.73 Å². The first-order valence-electron chi connectivity index (χ1n) is 4.25. The minimum absolute atomic E-state index is 0.431. The zero-order valence-corrected chi connectivity index (χ0v) is 7.73. The van der Waals surface area contributed by atoms with Crippen molar-refractivity contribution in [3.05, 3.63) is 35.4 Å². The summed E-state index contributed by atoms with van der Waals surface area (Å²) in [7, 11) is 0. The van der Waals surface area contributed by atoms with Crippen LogP contribution in [-0.2, 0) is 11.2 Å². The Morgan fingerprint density at radius 3 is 2.50 bits per heavy atom. The van der Waals surface area contributed by atoms with E-state index in [1.165, 1.54) is 0 Å². The van der Waals surface area contributed by atoms with Crippen molar-refractivity contribution >= 4 is 5.97 Å². The molecule has 1 unspecified atom stereocenters. The van der Waals surface area contributed by atoms with Gasteiger partial charge in [-0.2, -0.15) is 0 Å². The van der Waals surface area contributed by atoms with Crippen molar-refractivity contribution in [2.75, 3.05) is 0 Å². The third kappa shape index (κ3) is 2.61. The van der Waals surface area contributed by atoms with Gasteiger partial charge in [0, 0.05) is 12.0 Å². The summed E-state index contributed by atoms with van der Waals surface area (Å²) < 4.78 is 0.